The van der Waals surface area contributed by atoms with Gasteiger partial charge in [-0.2, -0.15) is 57.1 Å². The van der Waals surface area contributed by atoms with Gasteiger partial charge in [0.1, 0.15) is 0 Å². The van der Waals surface area contributed by atoms with Gasteiger partial charge in [-0.25, -0.2) is 0 Å². The molecule has 0 fully saturated rings. The lowest BCUT2D eigenvalue weighted by molar-refractivity contribution is -0.440. The number of rotatable bonds is 7. The predicted octanol–water partition coefficient (Wildman–Crippen LogP) is 5.19. The molecule has 0 rings (SSSR count). The minimum Gasteiger partial charge on any atom is -0.200 e. The molecule has 0 radical (unpaired) electrons. The van der Waals surface area contributed by atoms with Crippen molar-refractivity contribution in [2.24, 2.45) is 0 Å². The van der Waals surface area contributed by atoms with Crippen LogP contribution in [0.25, 0.3) is 0 Å². The zero-order chi connectivity index (χ0) is 20.0. The number of nitrogens with zero attached hydrogens (tertiary/aromatic N) is 1. The van der Waals surface area contributed by atoms with Gasteiger partial charge in [0.05, 0.1) is 6.54 Å². The van der Waals surface area contributed by atoms with E-state index in [1.807, 2.05) is 0 Å². The number of alkyl halides is 13. The summed E-state index contributed by atoms with van der Waals surface area (Å²) in [6.07, 6.45) is -10.4. The molecule has 0 atom stereocenters. The van der Waals surface area contributed by atoms with Crippen LogP contribution in [0, 0.1) is 0 Å². The maximum Gasteiger partial charge on any atom is 0.460 e. The molecule has 146 valence electrons. The normalized spacial score (nSPS) is 16.0. The van der Waals surface area contributed by atoms with Gasteiger partial charge in [-0.05, 0) is 0 Å². The third-order valence-electron chi connectivity index (χ3n) is 2.59. The summed E-state index contributed by atoms with van der Waals surface area (Å²) in [5.74, 6) is -37.8. The van der Waals surface area contributed by atoms with E-state index < -0.39 is 54.1 Å². The van der Waals surface area contributed by atoms with E-state index in [4.69, 9.17) is 0 Å². The second kappa shape index (κ2) is 6.01. The molecule has 0 N–H and O–H groups in total. The van der Waals surface area contributed by atoms with Crippen LogP contribution in [-0.2, 0) is 0 Å². The summed E-state index contributed by atoms with van der Waals surface area (Å²) in [5.41, 5.74) is 0. The summed E-state index contributed by atoms with van der Waals surface area (Å²) in [7, 11) is 0. The molecule has 1 nitrogen and oxygen atoms in total. The standard InChI is InChI=1S/C8H4F15N/c9-3(10,1-2-24(22)23)4(11,12)5(13,14)6(15,16)7(17,18)8(19,20)21/h1-2H2. The molecule has 0 spiro atoms. The summed E-state index contributed by atoms with van der Waals surface area (Å²) < 4.78 is 185. The monoisotopic (exact) mass is 399 g/mol. The third kappa shape index (κ3) is 3.33. The number of halogens is 15. The Morgan fingerprint density at radius 3 is 1.12 bits per heavy atom. The fourth-order valence-electron chi connectivity index (χ4n) is 1.18. The molecule has 16 heteroatoms. The molecule has 0 aliphatic heterocycles. The van der Waals surface area contributed by atoms with Crippen molar-refractivity contribution in [3.05, 3.63) is 0 Å². The quantitative estimate of drug-likeness (QED) is 0.421. The average Bonchev–Trinajstić information content (AvgIpc) is 2.34. The van der Waals surface area contributed by atoms with Crippen molar-refractivity contribution in [1.82, 2.24) is 5.34 Å². The van der Waals surface area contributed by atoms with Crippen LogP contribution in [0.4, 0.5) is 66.0 Å². The molecule has 0 aromatic carbocycles. The van der Waals surface area contributed by atoms with Crippen LogP contribution < -0.4 is 0 Å². The van der Waals surface area contributed by atoms with Gasteiger partial charge in [0, 0.05) is 11.8 Å². The molecule has 0 aliphatic carbocycles. The van der Waals surface area contributed by atoms with Gasteiger partial charge in [0.2, 0.25) is 0 Å². The summed E-state index contributed by atoms with van der Waals surface area (Å²) in [5, 5.41) is -2.26. The van der Waals surface area contributed by atoms with E-state index in [9.17, 15) is 66.0 Å². The van der Waals surface area contributed by atoms with E-state index >= 15 is 0 Å². The first-order valence-corrected chi connectivity index (χ1v) is 5.21. The Balaban J connectivity index is 6.01. The Hall–Kier alpha value is -1.09. The van der Waals surface area contributed by atoms with Crippen molar-refractivity contribution in [3.8, 4) is 0 Å². The van der Waals surface area contributed by atoms with Crippen LogP contribution in [0.1, 0.15) is 6.42 Å². The van der Waals surface area contributed by atoms with Crippen molar-refractivity contribution in [3.63, 3.8) is 0 Å². The molecule has 0 heterocycles. The second-order valence-electron chi connectivity index (χ2n) is 4.28. The maximum atomic E-state index is 12.9. The van der Waals surface area contributed by atoms with Gasteiger partial charge in [0.25, 0.3) is 0 Å². The van der Waals surface area contributed by atoms with Gasteiger partial charge >= 0.3 is 35.8 Å². The molecule has 0 saturated carbocycles. The maximum absolute atomic E-state index is 12.9. The summed E-state index contributed by atoms with van der Waals surface area (Å²) in [4.78, 5) is 0. The molecule has 0 aromatic heterocycles. The topological polar surface area (TPSA) is 3.24 Å². The molecule has 0 aliphatic rings. The summed E-state index contributed by atoms with van der Waals surface area (Å²) in [6, 6.07) is 0. The Labute approximate surface area is 121 Å². The molecule has 0 aromatic rings. The van der Waals surface area contributed by atoms with Gasteiger partial charge in [0.15, 0.2) is 0 Å². The smallest absolute Gasteiger partial charge is 0.200 e. The number of hydrogen-bond donors (Lipinski definition) is 0. The molecule has 0 bridgehead atoms. The average molecular weight is 399 g/mol. The lowest BCUT2D eigenvalue weighted by Crippen LogP contribution is -2.70. The van der Waals surface area contributed by atoms with Crippen LogP contribution in [0.15, 0.2) is 0 Å². The van der Waals surface area contributed by atoms with Crippen LogP contribution in [0.5, 0.6) is 0 Å². The highest BCUT2D eigenvalue weighted by Crippen LogP contribution is 2.60. The zero-order valence-corrected chi connectivity index (χ0v) is 10.5. The van der Waals surface area contributed by atoms with Gasteiger partial charge in [-0.3, -0.25) is 0 Å². The van der Waals surface area contributed by atoms with Crippen LogP contribution in [0.3, 0.4) is 0 Å². The number of hydrogen-bond acceptors (Lipinski definition) is 1. The molecule has 0 unspecified atom stereocenters. The van der Waals surface area contributed by atoms with Crippen molar-refractivity contribution in [2.45, 2.75) is 42.2 Å². The Kier molecular flexibility index (Phi) is 5.74. The van der Waals surface area contributed by atoms with Crippen molar-refractivity contribution in [2.75, 3.05) is 6.54 Å². The highest BCUT2D eigenvalue weighted by molar-refractivity contribution is 5.10. The molecule has 24 heavy (non-hydrogen) atoms. The van der Waals surface area contributed by atoms with Crippen molar-refractivity contribution >= 4 is 0 Å². The van der Waals surface area contributed by atoms with Gasteiger partial charge in [-0.15, -0.1) is 8.96 Å². The fraction of sp³-hybridized carbons (Fsp3) is 1.00. The largest absolute Gasteiger partial charge is 0.460 e. The molecule has 0 saturated heterocycles. The van der Waals surface area contributed by atoms with Crippen molar-refractivity contribution in [1.29, 1.82) is 0 Å². The van der Waals surface area contributed by atoms with E-state index in [1.165, 1.54) is 0 Å². The van der Waals surface area contributed by atoms with Crippen molar-refractivity contribution < 1.29 is 66.0 Å². The van der Waals surface area contributed by atoms with E-state index in [-0.39, 0.29) is 0 Å². The molecular formula is C8H4F15N. The minimum atomic E-state index is -8.02. The van der Waals surface area contributed by atoms with Gasteiger partial charge in [-0.1, -0.05) is 0 Å². The van der Waals surface area contributed by atoms with Crippen LogP contribution >= 0.6 is 0 Å². The highest BCUT2D eigenvalue weighted by atomic mass is 19.4. The Morgan fingerprint density at radius 1 is 0.500 bits per heavy atom. The van der Waals surface area contributed by atoms with E-state index in [0.29, 0.717) is 0 Å². The van der Waals surface area contributed by atoms with E-state index in [0.717, 1.165) is 0 Å². The Bertz CT molecular complexity index is 435. The lowest BCUT2D eigenvalue weighted by atomic mass is 9.92. The zero-order valence-electron chi connectivity index (χ0n) is 10.5. The second-order valence-corrected chi connectivity index (χ2v) is 4.28. The lowest BCUT2D eigenvalue weighted by Gasteiger charge is -2.39. The molecule has 0 amide bonds. The highest BCUT2D eigenvalue weighted by Gasteiger charge is 2.90. The Morgan fingerprint density at radius 2 is 0.833 bits per heavy atom. The summed E-state index contributed by atoms with van der Waals surface area (Å²) >= 11 is 0. The first kappa shape index (κ1) is 22.9. The molecular weight excluding hydrogens is 395 g/mol. The SMILES string of the molecule is FN(F)CCC(F)(F)C(F)(F)C(F)(F)C(F)(F)C(F)(F)C(F)(F)F. The van der Waals surface area contributed by atoms with Crippen LogP contribution in [-0.4, -0.2) is 47.7 Å². The first-order chi connectivity index (χ1) is 10.2. The minimum absolute atomic E-state index is 2.26. The third-order valence-corrected chi connectivity index (χ3v) is 2.59. The van der Waals surface area contributed by atoms with E-state index in [1.54, 1.807) is 0 Å². The van der Waals surface area contributed by atoms with Gasteiger partial charge < -0.3 is 0 Å². The van der Waals surface area contributed by atoms with Crippen LogP contribution in [0.2, 0.25) is 0 Å². The first-order valence-electron chi connectivity index (χ1n) is 5.21. The summed E-state index contributed by atoms with van der Waals surface area (Å²) in [6.45, 7) is -2.40. The van der Waals surface area contributed by atoms with E-state index in [2.05, 4.69) is 0 Å². The fourth-order valence-corrected chi connectivity index (χ4v) is 1.18. The predicted molar refractivity (Wildman–Crippen MR) is 44.3 cm³/mol.